The van der Waals surface area contributed by atoms with Crippen LogP contribution in [-0.2, 0) is 4.74 Å². The molecule has 6 rings (SSSR count). The van der Waals surface area contributed by atoms with E-state index in [0.717, 1.165) is 16.9 Å². The third kappa shape index (κ3) is 4.68. The number of hydrogen-bond acceptors (Lipinski definition) is 7. The lowest BCUT2D eigenvalue weighted by molar-refractivity contribution is 0.0923. The molecule has 2 aromatic carbocycles. The van der Waals surface area contributed by atoms with Crippen LogP contribution in [0.4, 0.5) is 5.69 Å². The number of carbonyl (C=O) groups is 1. The summed E-state index contributed by atoms with van der Waals surface area (Å²) in [6.07, 6.45) is 3.76. The smallest absolute Gasteiger partial charge is 0.255 e. The number of para-hydroxylation sites is 1. The van der Waals surface area contributed by atoms with E-state index in [1.54, 1.807) is 24.4 Å². The maximum atomic E-state index is 13.7. The van der Waals surface area contributed by atoms with Gasteiger partial charge in [-0.1, -0.05) is 41.4 Å². The summed E-state index contributed by atoms with van der Waals surface area (Å²) in [7, 11) is 0. The van der Waals surface area contributed by atoms with Gasteiger partial charge in [-0.25, -0.2) is 9.97 Å². The molecule has 0 radical (unpaired) electrons. The second-order valence-electron chi connectivity index (χ2n) is 8.90. The fourth-order valence-electron chi connectivity index (χ4n) is 4.90. The minimum absolute atomic E-state index is 0.166. The molecule has 1 saturated heterocycles. The Morgan fingerprint density at radius 2 is 1.76 bits per heavy atom. The van der Waals surface area contributed by atoms with Crippen LogP contribution in [0.2, 0.25) is 10.0 Å². The minimum atomic E-state index is -0.219. The molecule has 2 aliphatic rings. The Morgan fingerprint density at radius 1 is 0.973 bits per heavy atom. The van der Waals surface area contributed by atoms with Crippen molar-refractivity contribution >= 4 is 45.8 Å². The lowest BCUT2D eigenvalue weighted by Gasteiger charge is -2.31. The Bertz CT molecular complexity index is 1470. The molecule has 1 N–H and O–H groups in total. The van der Waals surface area contributed by atoms with Crippen molar-refractivity contribution in [3.63, 3.8) is 0 Å². The molecule has 1 atom stereocenters. The molecular weight excluding hydrogens is 513 g/mol. The number of fused-ring (bicyclic) bond motifs is 2. The highest BCUT2D eigenvalue weighted by Crippen LogP contribution is 2.36. The molecule has 2 aliphatic heterocycles. The lowest BCUT2D eigenvalue weighted by Crippen LogP contribution is -2.39. The second-order valence-corrected chi connectivity index (χ2v) is 9.77. The van der Waals surface area contributed by atoms with Crippen LogP contribution < -0.4 is 15.0 Å². The first-order valence-electron chi connectivity index (χ1n) is 12.0. The van der Waals surface area contributed by atoms with Crippen LogP contribution in [0.25, 0.3) is 22.3 Å². The number of halogens is 2. The quantitative estimate of drug-likeness (QED) is 0.389. The number of aromatic nitrogens is 3. The summed E-state index contributed by atoms with van der Waals surface area (Å²) in [6.45, 7) is 2.90. The van der Waals surface area contributed by atoms with Crippen LogP contribution in [0.3, 0.4) is 0 Å². The number of morpholine rings is 1. The molecule has 10 heteroatoms. The summed E-state index contributed by atoms with van der Waals surface area (Å²) in [5.41, 5.74) is 4.59. The summed E-state index contributed by atoms with van der Waals surface area (Å²) < 4.78 is 11.3. The zero-order valence-corrected chi connectivity index (χ0v) is 21.3. The van der Waals surface area contributed by atoms with Crippen LogP contribution in [0.15, 0.2) is 55.0 Å². The molecule has 188 valence electrons. The van der Waals surface area contributed by atoms with E-state index in [0.29, 0.717) is 77.4 Å². The van der Waals surface area contributed by atoms with E-state index in [-0.39, 0.29) is 11.9 Å². The van der Waals surface area contributed by atoms with Crippen LogP contribution >= 0.6 is 23.2 Å². The summed E-state index contributed by atoms with van der Waals surface area (Å²) in [5, 5.41) is 4.19. The van der Waals surface area contributed by atoms with E-state index in [4.69, 9.17) is 32.7 Å². The first-order valence-corrected chi connectivity index (χ1v) is 12.8. The molecule has 1 amide bonds. The van der Waals surface area contributed by atoms with Crippen molar-refractivity contribution in [1.82, 2.24) is 20.3 Å². The molecule has 37 heavy (non-hydrogen) atoms. The number of rotatable bonds is 4. The molecule has 8 nitrogen and oxygen atoms in total. The number of ether oxygens (including phenoxy) is 2. The van der Waals surface area contributed by atoms with Crippen molar-refractivity contribution in [2.24, 2.45) is 0 Å². The van der Waals surface area contributed by atoms with Crippen molar-refractivity contribution in [2.75, 3.05) is 37.8 Å². The minimum Gasteiger partial charge on any atom is -0.493 e. The van der Waals surface area contributed by atoms with Gasteiger partial charge in [0.2, 0.25) is 0 Å². The van der Waals surface area contributed by atoms with Crippen LogP contribution in [0.5, 0.6) is 5.75 Å². The molecule has 0 bridgehead atoms. The van der Waals surface area contributed by atoms with Gasteiger partial charge >= 0.3 is 0 Å². The van der Waals surface area contributed by atoms with E-state index in [9.17, 15) is 4.79 Å². The molecule has 0 saturated carbocycles. The van der Waals surface area contributed by atoms with Gasteiger partial charge in [-0.2, -0.15) is 0 Å². The molecule has 4 aromatic rings. The highest BCUT2D eigenvalue weighted by molar-refractivity contribution is 6.35. The van der Waals surface area contributed by atoms with Crippen molar-refractivity contribution in [2.45, 2.75) is 12.5 Å². The van der Waals surface area contributed by atoms with Gasteiger partial charge in [0, 0.05) is 46.9 Å². The first-order chi connectivity index (χ1) is 18.1. The van der Waals surface area contributed by atoms with Gasteiger partial charge in [-0.05, 0) is 24.3 Å². The van der Waals surface area contributed by atoms with Gasteiger partial charge < -0.3 is 19.7 Å². The predicted octanol–water partition coefficient (Wildman–Crippen LogP) is 5.09. The lowest BCUT2D eigenvalue weighted by atomic mass is 10.00. The van der Waals surface area contributed by atoms with Crippen LogP contribution in [0.1, 0.15) is 28.4 Å². The summed E-state index contributed by atoms with van der Waals surface area (Å²) >= 11 is 12.5. The molecule has 0 unspecified atom stereocenters. The van der Waals surface area contributed by atoms with Crippen LogP contribution in [-0.4, -0.2) is 53.8 Å². The number of hydrogen-bond donors (Lipinski definition) is 1. The summed E-state index contributed by atoms with van der Waals surface area (Å²) in [5.74, 6) is 0.574. The Balaban J connectivity index is 1.45. The van der Waals surface area contributed by atoms with Crippen molar-refractivity contribution in [3.8, 4) is 17.0 Å². The maximum Gasteiger partial charge on any atom is 0.255 e. The molecule has 4 heterocycles. The number of carbonyl (C=O) groups excluding carboxylic acids is 1. The Morgan fingerprint density at radius 3 is 2.57 bits per heavy atom. The first kappa shape index (κ1) is 23.9. The molecule has 2 aromatic heterocycles. The van der Waals surface area contributed by atoms with E-state index in [2.05, 4.69) is 25.2 Å². The Labute approximate surface area is 223 Å². The number of amides is 1. The number of nitrogens with zero attached hydrogens (tertiary/aromatic N) is 4. The molecule has 0 aliphatic carbocycles. The average Bonchev–Trinajstić information content (AvgIpc) is 2.92. The SMILES string of the molecule is O=C(N[C@H]1CCOc2ccccc21)c1cnc2c(-c3cc(Cl)cc(Cl)c3)ncnc2c1N1CCOCC1. The fourth-order valence-corrected chi connectivity index (χ4v) is 5.42. The molecule has 1 fully saturated rings. The van der Waals surface area contributed by atoms with Gasteiger partial charge in [0.15, 0.2) is 0 Å². The van der Waals surface area contributed by atoms with Gasteiger partial charge in [0.1, 0.15) is 28.8 Å². The summed E-state index contributed by atoms with van der Waals surface area (Å²) in [6, 6.07) is 12.9. The van der Waals surface area contributed by atoms with Gasteiger partial charge in [0.25, 0.3) is 5.91 Å². The Kier molecular flexibility index (Phi) is 6.54. The van der Waals surface area contributed by atoms with E-state index < -0.39 is 0 Å². The number of anilines is 1. The molecule has 0 spiro atoms. The van der Waals surface area contributed by atoms with Gasteiger partial charge in [-0.15, -0.1) is 0 Å². The molecular formula is C27H23Cl2N5O3. The normalized spacial score (nSPS) is 17.2. The zero-order valence-electron chi connectivity index (χ0n) is 19.8. The monoisotopic (exact) mass is 535 g/mol. The number of pyridine rings is 1. The highest BCUT2D eigenvalue weighted by atomic mass is 35.5. The Hall–Kier alpha value is -3.46. The topological polar surface area (TPSA) is 89.5 Å². The predicted molar refractivity (Wildman–Crippen MR) is 143 cm³/mol. The largest absolute Gasteiger partial charge is 0.493 e. The van der Waals surface area contributed by atoms with E-state index in [1.165, 1.54) is 6.33 Å². The zero-order chi connectivity index (χ0) is 25.4. The van der Waals surface area contributed by atoms with E-state index >= 15 is 0 Å². The third-order valence-corrected chi connectivity index (χ3v) is 7.03. The third-order valence-electron chi connectivity index (χ3n) is 6.60. The van der Waals surface area contributed by atoms with Crippen molar-refractivity contribution in [1.29, 1.82) is 0 Å². The second kappa shape index (κ2) is 10.1. The maximum absolute atomic E-state index is 13.7. The van der Waals surface area contributed by atoms with E-state index in [1.807, 2.05) is 24.3 Å². The van der Waals surface area contributed by atoms with Crippen molar-refractivity contribution in [3.05, 3.63) is 76.2 Å². The average molecular weight is 536 g/mol. The van der Waals surface area contributed by atoms with Crippen molar-refractivity contribution < 1.29 is 14.3 Å². The summed E-state index contributed by atoms with van der Waals surface area (Å²) in [4.78, 5) is 29.6. The number of benzene rings is 2. The highest BCUT2D eigenvalue weighted by Gasteiger charge is 2.28. The van der Waals surface area contributed by atoms with Gasteiger partial charge in [0.05, 0.1) is 37.1 Å². The van der Waals surface area contributed by atoms with Gasteiger partial charge in [-0.3, -0.25) is 9.78 Å². The number of nitrogens with one attached hydrogen (secondary N) is 1. The fraction of sp³-hybridized carbons (Fsp3) is 0.259. The standard InChI is InChI=1S/C27H23Cl2N5O3/c28-17-11-16(12-18(29)13-17)23-24-25(32-15-31-23)26(34-6-9-36-10-7-34)20(14-30-24)27(35)33-21-5-8-37-22-4-2-1-3-19(21)22/h1-4,11-15,21H,5-10H2,(H,33,35)/t21-/m0/s1. The van der Waals surface area contributed by atoms with Crippen LogP contribution in [0, 0.1) is 0 Å².